The van der Waals surface area contributed by atoms with Crippen LogP contribution in [0.4, 0.5) is 0 Å². The van der Waals surface area contributed by atoms with Crippen molar-refractivity contribution in [2.24, 2.45) is 5.92 Å². The van der Waals surface area contributed by atoms with E-state index in [1.165, 1.54) is 0 Å². The van der Waals surface area contributed by atoms with E-state index in [9.17, 15) is 0 Å². The SMILES string of the molecule is CC(C)CO[CH][SiH3]. The molecule has 0 atom stereocenters. The minimum Gasteiger partial charge on any atom is -0.380 e. The average Bonchev–Trinajstić information content (AvgIpc) is 1.61. The number of ether oxygens (including phenoxy) is 1. The van der Waals surface area contributed by atoms with Crippen LogP contribution in [0.1, 0.15) is 13.8 Å². The summed E-state index contributed by atoms with van der Waals surface area (Å²) < 4.78 is 5.03. The van der Waals surface area contributed by atoms with E-state index >= 15 is 0 Å². The molecule has 1 radical (unpaired) electrons. The van der Waals surface area contributed by atoms with Gasteiger partial charge in [-0.2, -0.15) is 0 Å². The van der Waals surface area contributed by atoms with Gasteiger partial charge >= 0.3 is 0 Å². The fraction of sp³-hybridized carbons (Fsp3) is 0.800. The van der Waals surface area contributed by atoms with Crippen LogP contribution in [0.2, 0.25) is 0 Å². The third kappa shape index (κ3) is 6.18. The van der Waals surface area contributed by atoms with Gasteiger partial charge in [-0.1, -0.05) is 13.8 Å². The van der Waals surface area contributed by atoms with E-state index in [-0.39, 0.29) is 0 Å². The molecule has 43 valence electrons. The lowest BCUT2D eigenvalue weighted by atomic mass is 10.2. The maximum absolute atomic E-state index is 5.03. The Morgan fingerprint density at radius 2 is 2.29 bits per heavy atom. The molecule has 2 heteroatoms. The highest BCUT2D eigenvalue weighted by molar-refractivity contribution is 6.13. The highest BCUT2D eigenvalue weighted by Gasteiger charge is 1.88. The lowest BCUT2D eigenvalue weighted by Crippen LogP contribution is -1.98. The number of rotatable bonds is 3. The summed E-state index contributed by atoms with van der Waals surface area (Å²) >= 11 is 0. The summed E-state index contributed by atoms with van der Waals surface area (Å²) in [5, 5.41) is 0. The Morgan fingerprint density at radius 3 is 2.43 bits per heavy atom. The van der Waals surface area contributed by atoms with Gasteiger partial charge < -0.3 is 4.74 Å². The maximum atomic E-state index is 5.03. The van der Waals surface area contributed by atoms with Gasteiger partial charge in [0.05, 0.1) is 6.23 Å². The first-order valence-corrected chi connectivity index (χ1v) is 3.82. The van der Waals surface area contributed by atoms with Crippen molar-refractivity contribution in [1.29, 1.82) is 0 Å². The van der Waals surface area contributed by atoms with Crippen LogP contribution in [0, 0.1) is 12.1 Å². The summed E-state index contributed by atoms with van der Waals surface area (Å²) in [6.45, 7) is 5.17. The number of hydrogen-bond donors (Lipinski definition) is 0. The van der Waals surface area contributed by atoms with Crippen LogP contribution in [0.25, 0.3) is 0 Å². The molecule has 0 heterocycles. The molecule has 0 fully saturated rings. The lowest BCUT2D eigenvalue weighted by Gasteiger charge is -2.01. The van der Waals surface area contributed by atoms with Gasteiger partial charge in [0, 0.05) is 16.8 Å². The molecule has 0 aliphatic rings. The number of hydrogen-bond acceptors (Lipinski definition) is 1. The van der Waals surface area contributed by atoms with E-state index in [0.717, 1.165) is 16.8 Å². The lowest BCUT2D eigenvalue weighted by molar-refractivity contribution is 0.192. The fourth-order valence-corrected chi connectivity index (χ4v) is 0.481. The summed E-state index contributed by atoms with van der Waals surface area (Å²) in [6.07, 6.45) is 1.86. The van der Waals surface area contributed by atoms with Gasteiger partial charge in [0.15, 0.2) is 0 Å². The fourth-order valence-electron chi connectivity index (χ4n) is 0.289. The second kappa shape index (κ2) is 4.34. The van der Waals surface area contributed by atoms with E-state index in [1.807, 2.05) is 6.23 Å². The summed E-state index contributed by atoms with van der Waals surface area (Å²) in [6, 6.07) is 0. The predicted octanol–water partition coefficient (Wildman–Crippen LogP) is 0.144. The molecule has 0 bridgehead atoms. The molecule has 0 spiro atoms. The van der Waals surface area contributed by atoms with Crippen LogP contribution in [0.5, 0.6) is 0 Å². The molecule has 0 rings (SSSR count). The smallest absolute Gasteiger partial charge is 0.0600 e. The first kappa shape index (κ1) is 7.18. The third-order valence-electron chi connectivity index (χ3n) is 0.596. The molecule has 0 aliphatic carbocycles. The minimum atomic E-state index is 0.671. The predicted molar refractivity (Wildman–Crippen MR) is 35.0 cm³/mol. The molecular formula is C5H13OSi. The van der Waals surface area contributed by atoms with Crippen molar-refractivity contribution in [1.82, 2.24) is 0 Å². The van der Waals surface area contributed by atoms with Crippen LogP contribution in [0.3, 0.4) is 0 Å². The highest BCUT2D eigenvalue weighted by Crippen LogP contribution is 1.91. The van der Waals surface area contributed by atoms with Crippen LogP contribution < -0.4 is 0 Å². The Bertz CT molecular complexity index is 37.1. The van der Waals surface area contributed by atoms with Gasteiger partial charge in [-0.15, -0.1) is 0 Å². The molecule has 1 nitrogen and oxygen atoms in total. The summed E-state index contributed by atoms with van der Waals surface area (Å²) in [5.74, 6) is 0.671. The zero-order valence-electron chi connectivity index (χ0n) is 5.27. The molecule has 0 aromatic heterocycles. The van der Waals surface area contributed by atoms with E-state index in [0.29, 0.717) is 5.92 Å². The second-order valence-electron chi connectivity index (χ2n) is 1.96. The molecule has 0 aromatic carbocycles. The van der Waals surface area contributed by atoms with Gasteiger partial charge in [-0.05, 0) is 5.92 Å². The molecule has 0 saturated heterocycles. The molecule has 0 amide bonds. The molecular weight excluding hydrogens is 104 g/mol. The first-order valence-electron chi connectivity index (χ1n) is 2.66. The Morgan fingerprint density at radius 1 is 1.71 bits per heavy atom. The molecule has 0 saturated carbocycles. The summed E-state index contributed by atoms with van der Waals surface area (Å²) in [5.41, 5.74) is 0. The summed E-state index contributed by atoms with van der Waals surface area (Å²) in [4.78, 5) is 0. The molecule has 7 heavy (non-hydrogen) atoms. The van der Waals surface area contributed by atoms with E-state index in [4.69, 9.17) is 4.74 Å². The Labute approximate surface area is 48.5 Å². The van der Waals surface area contributed by atoms with Crippen molar-refractivity contribution in [2.45, 2.75) is 13.8 Å². The van der Waals surface area contributed by atoms with Gasteiger partial charge in [0.2, 0.25) is 0 Å². The van der Waals surface area contributed by atoms with Gasteiger partial charge in [0.1, 0.15) is 0 Å². The van der Waals surface area contributed by atoms with Crippen molar-refractivity contribution < 1.29 is 4.74 Å². The Balaban J connectivity index is 2.68. The quantitative estimate of drug-likeness (QED) is 0.478. The zero-order chi connectivity index (χ0) is 5.70. The van der Waals surface area contributed by atoms with Crippen molar-refractivity contribution in [3.05, 3.63) is 6.23 Å². The maximum Gasteiger partial charge on any atom is 0.0600 e. The standard InChI is InChI=1S/C5H13OSi/c1-5(2)3-6-4-7/h4-5H,3H2,1-2,7H3. The van der Waals surface area contributed by atoms with Gasteiger partial charge in [0.25, 0.3) is 0 Å². The Kier molecular flexibility index (Phi) is 4.45. The van der Waals surface area contributed by atoms with Crippen molar-refractivity contribution in [3.63, 3.8) is 0 Å². The van der Waals surface area contributed by atoms with E-state index < -0.39 is 0 Å². The Hall–Kier alpha value is 0.177. The second-order valence-corrected chi connectivity index (χ2v) is 2.43. The average molecular weight is 117 g/mol. The van der Waals surface area contributed by atoms with Crippen LogP contribution >= 0.6 is 0 Å². The molecule has 0 aromatic rings. The monoisotopic (exact) mass is 117 g/mol. The van der Waals surface area contributed by atoms with Crippen molar-refractivity contribution >= 4 is 10.2 Å². The minimum absolute atomic E-state index is 0.671. The van der Waals surface area contributed by atoms with Crippen LogP contribution in [-0.4, -0.2) is 16.8 Å². The van der Waals surface area contributed by atoms with Gasteiger partial charge in [-0.3, -0.25) is 0 Å². The molecule has 0 unspecified atom stereocenters. The van der Waals surface area contributed by atoms with E-state index in [2.05, 4.69) is 13.8 Å². The van der Waals surface area contributed by atoms with Crippen molar-refractivity contribution in [2.75, 3.05) is 6.61 Å². The highest BCUT2D eigenvalue weighted by atomic mass is 28.1. The van der Waals surface area contributed by atoms with Gasteiger partial charge in [-0.25, -0.2) is 0 Å². The van der Waals surface area contributed by atoms with Crippen LogP contribution in [0.15, 0.2) is 0 Å². The van der Waals surface area contributed by atoms with Crippen LogP contribution in [-0.2, 0) is 4.74 Å². The topological polar surface area (TPSA) is 9.23 Å². The largest absolute Gasteiger partial charge is 0.380 e. The zero-order valence-corrected chi connectivity index (χ0v) is 7.27. The first-order chi connectivity index (χ1) is 3.27. The third-order valence-corrected chi connectivity index (χ3v) is 0.930. The molecule has 0 N–H and O–H groups in total. The molecule has 0 aliphatic heterocycles. The van der Waals surface area contributed by atoms with Crippen molar-refractivity contribution in [3.8, 4) is 0 Å². The summed E-state index contributed by atoms with van der Waals surface area (Å²) in [7, 11) is 1.05. The normalized spacial score (nSPS) is 10.7. The van der Waals surface area contributed by atoms with E-state index in [1.54, 1.807) is 0 Å².